The van der Waals surface area contributed by atoms with Gasteiger partial charge < -0.3 is 9.47 Å². The SMILES string of the molecule is CCOC(=O)N1[C@H]2C=CC(=O)[C@H](C=C2)N1C(=O)OCC. The van der Waals surface area contributed by atoms with Crippen molar-refractivity contribution >= 4 is 18.0 Å². The van der Waals surface area contributed by atoms with Crippen LogP contribution >= 0.6 is 0 Å². The Morgan fingerprint density at radius 3 is 2.25 bits per heavy atom. The highest BCUT2D eigenvalue weighted by Gasteiger charge is 2.43. The number of hydrogen-bond donors (Lipinski definition) is 0. The summed E-state index contributed by atoms with van der Waals surface area (Å²) in [5, 5.41) is 2.11. The number of rotatable bonds is 2. The average Bonchev–Trinajstić information content (AvgIpc) is 2.68. The molecule has 3 rings (SSSR count). The molecular weight excluding hydrogens is 264 g/mol. The number of hydrazine groups is 1. The van der Waals surface area contributed by atoms with Gasteiger partial charge in [0.2, 0.25) is 0 Å². The van der Waals surface area contributed by atoms with Crippen molar-refractivity contribution < 1.29 is 23.9 Å². The van der Waals surface area contributed by atoms with Crippen LogP contribution < -0.4 is 0 Å². The van der Waals surface area contributed by atoms with Crippen LogP contribution in [0.2, 0.25) is 0 Å². The number of amides is 2. The molecule has 0 saturated heterocycles. The van der Waals surface area contributed by atoms with E-state index in [0.29, 0.717) is 0 Å². The van der Waals surface area contributed by atoms with Crippen LogP contribution in [-0.4, -0.2) is 53.3 Å². The first-order chi connectivity index (χ1) is 9.60. The zero-order valence-corrected chi connectivity index (χ0v) is 11.3. The van der Waals surface area contributed by atoms with Gasteiger partial charge in [0, 0.05) is 0 Å². The van der Waals surface area contributed by atoms with Gasteiger partial charge in [0.05, 0.1) is 19.3 Å². The van der Waals surface area contributed by atoms with Gasteiger partial charge in [-0.25, -0.2) is 14.6 Å². The van der Waals surface area contributed by atoms with Crippen molar-refractivity contribution in [3.8, 4) is 0 Å². The maximum absolute atomic E-state index is 12.0. The van der Waals surface area contributed by atoms with Crippen LogP contribution in [0.25, 0.3) is 0 Å². The van der Waals surface area contributed by atoms with Crippen LogP contribution in [0.3, 0.4) is 0 Å². The van der Waals surface area contributed by atoms with Crippen molar-refractivity contribution in [1.82, 2.24) is 10.0 Å². The van der Waals surface area contributed by atoms with Crippen LogP contribution in [0.5, 0.6) is 0 Å². The van der Waals surface area contributed by atoms with Crippen molar-refractivity contribution in [2.24, 2.45) is 0 Å². The molecule has 2 aliphatic heterocycles. The second-order valence-corrected chi connectivity index (χ2v) is 4.17. The molecule has 2 amide bonds. The molecule has 0 spiro atoms. The number of hydrogen-bond acceptors (Lipinski definition) is 5. The van der Waals surface area contributed by atoms with Crippen LogP contribution in [-0.2, 0) is 14.3 Å². The van der Waals surface area contributed by atoms with Crippen LogP contribution in [0.4, 0.5) is 9.59 Å². The van der Waals surface area contributed by atoms with E-state index in [1.54, 1.807) is 32.1 Å². The van der Waals surface area contributed by atoms with Crippen LogP contribution in [0.15, 0.2) is 24.3 Å². The zero-order chi connectivity index (χ0) is 14.7. The van der Waals surface area contributed by atoms with Crippen molar-refractivity contribution in [2.45, 2.75) is 25.9 Å². The summed E-state index contributed by atoms with van der Waals surface area (Å²) in [6, 6.07) is -1.42. The van der Waals surface area contributed by atoms with Gasteiger partial charge >= 0.3 is 12.2 Å². The molecule has 0 aromatic rings. The Morgan fingerprint density at radius 2 is 1.65 bits per heavy atom. The van der Waals surface area contributed by atoms with Crippen molar-refractivity contribution in [3.05, 3.63) is 24.3 Å². The summed E-state index contributed by atoms with van der Waals surface area (Å²) in [6.07, 6.45) is 4.73. The van der Waals surface area contributed by atoms with Gasteiger partial charge in [-0.2, -0.15) is 5.01 Å². The van der Waals surface area contributed by atoms with E-state index in [-0.39, 0.29) is 19.0 Å². The average molecular weight is 280 g/mol. The number of ketones is 1. The third kappa shape index (κ3) is 2.38. The van der Waals surface area contributed by atoms with E-state index in [1.165, 1.54) is 6.08 Å². The first-order valence-corrected chi connectivity index (χ1v) is 6.42. The third-order valence-electron chi connectivity index (χ3n) is 2.93. The molecular formula is C13H16N2O5. The molecule has 0 N–H and O–H groups in total. The first kappa shape index (κ1) is 14.1. The Bertz CT molecular complexity index is 485. The summed E-state index contributed by atoms with van der Waals surface area (Å²) in [7, 11) is 0. The lowest BCUT2D eigenvalue weighted by atomic mass is 10.1. The Kier molecular flexibility index (Phi) is 4.07. The summed E-state index contributed by atoms with van der Waals surface area (Å²) < 4.78 is 9.86. The Hall–Kier alpha value is -2.31. The van der Waals surface area contributed by atoms with Crippen LogP contribution in [0.1, 0.15) is 13.8 Å². The maximum Gasteiger partial charge on any atom is 0.429 e. The van der Waals surface area contributed by atoms with Crippen molar-refractivity contribution in [1.29, 1.82) is 0 Å². The van der Waals surface area contributed by atoms with Gasteiger partial charge in [0.1, 0.15) is 6.04 Å². The van der Waals surface area contributed by atoms with Gasteiger partial charge in [0.25, 0.3) is 0 Å². The van der Waals surface area contributed by atoms with Gasteiger partial charge in [-0.1, -0.05) is 18.2 Å². The molecule has 108 valence electrons. The largest absolute Gasteiger partial charge is 0.448 e. The smallest absolute Gasteiger partial charge is 0.429 e. The number of ether oxygens (including phenoxy) is 2. The Morgan fingerprint density at radius 1 is 1.05 bits per heavy atom. The summed E-state index contributed by atoms with van der Waals surface area (Å²) in [5.74, 6) is -0.288. The van der Waals surface area contributed by atoms with Gasteiger partial charge in [0.15, 0.2) is 5.78 Å². The molecule has 7 nitrogen and oxygen atoms in total. The van der Waals surface area contributed by atoms with Gasteiger partial charge in [-0.3, -0.25) is 4.79 Å². The quantitative estimate of drug-likeness (QED) is 0.712. The summed E-state index contributed by atoms with van der Waals surface area (Å²) in [6.45, 7) is 3.64. The summed E-state index contributed by atoms with van der Waals surface area (Å²) in [4.78, 5) is 36.0. The van der Waals surface area contributed by atoms with E-state index in [9.17, 15) is 14.4 Å². The number of nitrogens with zero attached hydrogens (tertiary/aromatic N) is 2. The fraction of sp³-hybridized carbons (Fsp3) is 0.462. The van der Waals surface area contributed by atoms with E-state index < -0.39 is 24.3 Å². The number of carbonyl (C=O) groups is 3. The van der Waals surface area contributed by atoms with Gasteiger partial charge in [-0.15, -0.1) is 0 Å². The minimum atomic E-state index is -0.881. The van der Waals surface area contributed by atoms with E-state index in [2.05, 4.69) is 0 Å². The highest BCUT2D eigenvalue weighted by molar-refractivity contribution is 5.99. The molecule has 0 radical (unpaired) electrons. The second-order valence-electron chi connectivity index (χ2n) is 4.17. The standard InChI is InChI=1S/C13H16N2O5/c1-3-19-12(17)14-9-5-7-10(11(16)8-6-9)15(14)13(18)20-4-2/h5-10H,3-4H2,1-2H3/t9-,10+/m1/s1. The molecule has 2 atom stereocenters. The Labute approximate surface area is 116 Å². The molecule has 20 heavy (non-hydrogen) atoms. The lowest BCUT2D eigenvalue weighted by molar-refractivity contribution is -0.123. The minimum Gasteiger partial charge on any atom is -0.448 e. The fourth-order valence-electron chi connectivity index (χ4n) is 2.10. The highest BCUT2D eigenvalue weighted by Crippen LogP contribution is 2.25. The number of carbonyl (C=O) groups excluding carboxylic acids is 3. The molecule has 0 saturated carbocycles. The monoisotopic (exact) mass is 280 g/mol. The lowest BCUT2D eigenvalue weighted by Gasteiger charge is -2.40. The predicted octanol–water partition coefficient (Wildman–Crippen LogP) is 1.26. The fourth-order valence-corrected chi connectivity index (χ4v) is 2.10. The van der Waals surface area contributed by atoms with Crippen molar-refractivity contribution in [2.75, 3.05) is 13.2 Å². The molecule has 0 unspecified atom stereocenters. The second kappa shape index (κ2) is 5.77. The topological polar surface area (TPSA) is 76.2 Å². The molecule has 2 bridgehead atoms. The maximum atomic E-state index is 12.0. The molecule has 0 aromatic carbocycles. The normalized spacial score (nSPS) is 23.8. The summed E-state index contributed by atoms with van der Waals surface area (Å²) >= 11 is 0. The minimum absolute atomic E-state index is 0.148. The molecule has 3 aliphatic rings. The van der Waals surface area contributed by atoms with E-state index >= 15 is 0 Å². The van der Waals surface area contributed by atoms with E-state index in [4.69, 9.17) is 9.47 Å². The van der Waals surface area contributed by atoms with Crippen molar-refractivity contribution in [3.63, 3.8) is 0 Å². The Balaban J connectivity index is 2.37. The summed E-state index contributed by atoms with van der Waals surface area (Å²) in [5.41, 5.74) is 0. The van der Waals surface area contributed by atoms with E-state index in [0.717, 1.165) is 10.0 Å². The number of fused-ring (bicyclic) bond motifs is 2. The zero-order valence-electron chi connectivity index (χ0n) is 11.3. The molecule has 0 aromatic heterocycles. The molecule has 0 fully saturated rings. The van der Waals surface area contributed by atoms with E-state index in [1.807, 2.05) is 0 Å². The first-order valence-electron chi connectivity index (χ1n) is 6.42. The highest BCUT2D eigenvalue weighted by atomic mass is 16.6. The predicted molar refractivity (Wildman–Crippen MR) is 68.6 cm³/mol. The molecule has 2 heterocycles. The lowest BCUT2D eigenvalue weighted by Crippen LogP contribution is -2.60. The van der Waals surface area contributed by atoms with Crippen LogP contribution in [0, 0.1) is 0 Å². The third-order valence-corrected chi connectivity index (χ3v) is 2.93. The molecule has 1 aliphatic carbocycles. The molecule has 7 heteroatoms. The van der Waals surface area contributed by atoms with Gasteiger partial charge in [-0.05, 0) is 19.9 Å².